The fraction of sp³-hybridized carbons (Fsp3) is 0.444. The van der Waals surface area contributed by atoms with E-state index in [0.717, 1.165) is 18.5 Å². The molecule has 2 atom stereocenters. The van der Waals surface area contributed by atoms with Crippen LogP contribution in [0.3, 0.4) is 0 Å². The number of carbonyl (C=O) groups is 1. The molecule has 5 heteroatoms. The number of piperidine rings is 3. The molecule has 23 heavy (non-hydrogen) atoms. The van der Waals surface area contributed by atoms with Gasteiger partial charge >= 0.3 is 0 Å². The smallest absolute Gasteiger partial charge is 0.251 e. The summed E-state index contributed by atoms with van der Waals surface area (Å²) >= 11 is 0. The Labute approximate surface area is 134 Å². The predicted octanol–water partition coefficient (Wildman–Crippen LogP) is 2.52. The van der Waals surface area contributed by atoms with Crippen LogP contribution in [0.15, 0.2) is 28.7 Å². The molecule has 3 saturated heterocycles. The molecule has 1 N–H and O–H groups in total. The first kappa shape index (κ1) is 14.3. The lowest BCUT2D eigenvalue weighted by atomic mass is 9.79. The largest absolute Gasteiger partial charge is 0.446 e. The highest BCUT2D eigenvalue weighted by atomic mass is 16.3. The van der Waals surface area contributed by atoms with E-state index in [4.69, 9.17) is 9.68 Å². The molecular weight excluding hydrogens is 290 g/mol. The summed E-state index contributed by atoms with van der Waals surface area (Å²) in [6.07, 6.45) is 2.34. The Kier molecular flexibility index (Phi) is 3.35. The highest BCUT2D eigenvalue weighted by Gasteiger charge is 2.40. The first-order valence-electron chi connectivity index (χ1n) is 8.14. The summed E-state index contributed by atoms with van der Waals surface area (Å²) in [6, 6.07) is 9.58. The normalized spacial score (nSPS) is 29.4. The number of rotatable bonds is 2. The lowest BCUT2D eigenvalue weighted by Crippen LogP contribution is -2.62. The summed E-state index contributed by atoms with van der Waals surface area (Å²) in [5.74, 6) is 0.808. The zero-order valence-electron chi connectivity index (χ0n) is 13.1. The van der Waals surface area contributed by atoms with Gasteiger partial charge in [-0.15, -0.1) is 0 Å². The van der Waals surface area contributed by atoms with Crippen molar-refractivity contribution in [1.82, 2.24) is 10.2 Å². The number of hydrogen-bond acceptors (Lipinski definition) is 4. The van der Waals surface area contributed by atoms with Crippen molar-refractivity contribution in [3.63, 3.8) is 0 Å². The Bertz CT molecular complexity index is 794. The molecule has 4 heterocycles. The fourth-order valence-electron chi connectivity index (χ4n) is 4.02. The van der Waals surface area contributed by atoms with E-state index in [1.165, 1.54) is 12.8 Å². The minimum atomic E-state index is -0.0443. The van der Waals surface area contributed by atoms with Gasteiger partial charge in [0.15, 0.2) is 0 Å². The van der Waals surface area contributed by atoms with Crippen LogP contribution in [0, 0.1) is 17.2 Å². The van der Waals surface area contributed by atoms with E-state index in [1.54, 1.807) is 24.3 Å². The van der Waals surface area contributed by atoms with Crippen LogP contribution in [0.1, 0.15) is 35.9 Å². The Hall–Kier alpha value is -2.32. The molecule has 2 aromatic rings. The van der Waals surface area contributed by atoms with Crippen molar-refractivity contribution in [2.45, 2.75) is 31.8 Å². The van der Waals surface area contributed by atoms with E-state index in [0.29, 0.717) is 23.1 Å². The van der Waals surface area contributed by atoms with E-state index in [-0.39, 0.29) is 17.7 Å². The van der Waals surface area contributed by atoms with Crippen LogP contribution in [0.5, 0.6) is 0 Å². The quantitative estimate of drug-likeness (QED) is 0.925. The summed E-state index contributed by atoms with van der Waals surface area (Å²) in [4.78, 5) is 15.1. The number of hydrogen-bond donors (Lipinski definition) is 1. The zero-order chi connectivity index (χ0) is 16.0. The van der Waals surface area contributed by atoms with Crippen molar-refractivity contribution in [2.24, 2.45) is 5.92 Å². The number of fused-ring (bicyclic) bond motifs is 4. The lowest BCUT2D eigenvalue weighted by Gasteiger charge is -2.49. The van der Waals surface area contributed by atoms with Gasteiger partial charge in [-0.25, -0.2) is 0 Å². The minimum absolute atomic E-state index is 0.0443. The summed E-state index contributed by atoms with van der Waals surface area (Å²) in [5.41, 5.74) is 1.25. The molecule has 3 fully saturated rings. The Morgan fingerprint density at radius 2 is 2.13 bits per heavy atom. The molecule has 118 valence electrons. The summed E-state index contributed by atoms with van der Waals surface area (Å²) < 4.78 is 5.36. The second kappa shape index (κ2) is 5.39. The Morgan fingerprint density at radius 1 is 1.35 bits per heavy atom. The predicted molar refractivity (Wildman–Crippen MR) is 85.9 cm³/mol. The average Bonchev–Trinajstić information content (AvgIpc) is 3.00. The van der Waals surface area contributed by atoms with E-state index in [2.05, 4.69) is 17.1 Å². The topological polar surface area (TPSA) is 69.3 Å². The third-order valence-electron chi connectivity index (χ3n) is 5.36. The number of carbonyl (C=O) groups excluding carboxylic acids is 1. The van der Waals surface area contributed by atoms with Crippen molar-refractivity contribution in [3.05, 3.63) is 35.6 Å². The first-order valence-corrected chi connectivity index (χ1v) is 8.14. The molecule has 1 amide bonds. The molecule has 2 bridgehead atoms. The third kappa shape index (κ3) is 2.40. The van der Waals surface area contributed by atoms with Crippen LogP contribution in [-0.2, 0) is 0 Å². The Balaban J connectivity index is 1.56. The highest BCUT2D eigenvalue weighted by Crippen LogP contribution is 2.32. The van der Waals surface area contributed by atoms with E-state index in [1.807, 2.05) is 6.07 Å². The molecular formula is C18H19N3O2. The van der Waals surface area contributed by atoms with Crippen LogP contribution >= 0.6 is 0 Å². The second-order valence-corrected chi connectivity index (χ2v) is 6.59. The molecule has 1 aromatic carbocycles. The van der Waals surface area contributed by atoms with Crippen molar-refractivity contribution in [3.8, 4) is 6.07 Å². The molecule has 1 aromatic heterocycles. The maximum absolute atomic E-state index is 12.6. The van der Waals surface area contributed by atoms with Gasteiger partial charge in [0.1, 0.15) is 11.7 Å². The first-order chi connectivity index (χ1) is 11.2. The molecule has 0 saturated carbocycles. The van der Waals surface area contributed by atoms with E-state index < -0.39 is 0 Å². The SMILES string of the molecule is C[C@H]1[C@H](NC(=O)c2ccc3oc(C#N)cc3c2)C2CCN1CC2. The number of benzene rings is 1. The van der Waals surface area contributed by atoms with Gasteiger partial charge in [-0.05, 0) is 57.0 Å². The van der Waals surface area contributed by atoms with Crippen molar-refractivity contribution in [2.75, 3.05) is 13.1 Å². The number of nitrogens with one attached hydrogen (secondary N) is 1. The fourth-order valence-corrected chi connectivity index (χ4v) is 4.02. The van der Waals surface area contributed by atoms with Gasteiger partial charge in [-0.2, -0.15) is 5.26 Å². The molecule has 0 radical (unpaired) electrons. The molecule has 5 nitrogen and oxygen atoms in total. The monoisotopic (exact) mass is 309 g/mol. The van der Waals surface area contributed by atoms with Gasteiger partial charge in [0.2, 0.25) is 5.76 Å². The van der Waals surface area contributed by atoms with Gasteiger partial charge in [-0.1, -0.05) is 0 Å². The summed E-state index contributed by atoms with van der Waals surface area (Å²) in [5, 5.41) is 12.9. The lowest BCUT2D eigenvalue weighted by molar-refractivity contribution is 0.0217. The maximum Gasteiger partial charge on any atom is 0.251 e. The van der Waals surface area contributed by atoms with Crippen LogP contribution in [0.4, 0.5) is 0 Å². The maximum atomic E-state index is 12.6. The Morgan fingerprint density at radius 3 is 2.83 bits per heavy atom. The second-order valence-electron chi connectivity index (χ2n) is 6.59. The minimum Gasteiger partial charge on any atom is -0.446 e. The van der Waals surface area contributed by atoms with E-state index in [9.17, 15) is 4.79 Å². The van der Waals surface area contributed by atoms with Crippen molar-refractivity contribution >= 4 is 16.9 Å². The van der Waals surface area contributed by atoms with Gasteiger partial charge in [0.25, 0.3) is 5.91 Å². The van der Waals surface area contributed by atoms with Crippen LogP contribution in [0.25, 0.3) is 11.0 Å². The van der Waals surface area contributed by atoms with Crippen molar-refractivity contribution in [1.29, 1.82) is 5.26 Å². The zero-order valence-corrected chi connectivity index (χ0v) is 13.1. The summed E-state index contributed by atoms with van der Waals surface area (Å²) in [7, 11) is 0. The van der Waals surface area contributed by atoms with Crippen LogP contribution in [-0.4, -0.2) is 36.0 Å². The molecule has 0 unspecified atom stereocenters. The van der Waals surface area contributed by atoms with Gasteiger partial charge < -0.3 is 9.73 Å². The van der Waals surface area contributed by atoms with Gasteiger partial charge in [0, 0.05) is 29.1 Å². The third-order valence-corrected chi connectivity index (χ3v) is 5.36. The highest BCUT2D eigenvalue weighted by molar-refractivity contribution is 5.98. The van der Waals surface area contributed by atoms with E-state index >= 15 is 0 Å². The van der Waals surface area contributed by atoms with Gasteiger partial charge in [0.05, 0.1) is 0 Å². The average molecular weight is 309 g/mol. The number of nitrogens with zero attached hydrogens (tertiary/aromatic N) is 2. The number of nitriles is 1. The van der Waals surface area contributed by atoms with Crippen LogP contribution in [0.2, 0.25) is 0 Å². The molecule has 3 aliphatic rings. The molecule has 5 rings (SSSR count). The number of amides is 1. The van der Waals surface area contributed by atoms with Gasteiger partial charge in [-0.3, -0.25) is 9.69 Å². The van der Waals surface area contributed by atoms with Crippen LogP contribution < -0.4 is 5.32 Å². The van der Waals surface area contributed by atoms with Crippen molar-refractivity contribution < 1.29 is 9.21 Å². The molecule has 0 aliphatic carbocycles. The molecule has 0 spiro atoms. The number of furan rings is 1. The summed E-state index contributed by atoms with van der Waals surface area (Å²) in [6.45, 7) is 4.50. The standard InChI is InChI=1S/C18H19N3O2/c1-11-17(12-4-6-21(11)7-5-12)20-18(22)13-2-3-16-14(8-13)9-15(10-19)23-16/h2-3,8-9,11-12,17H,4-7H2,1H3,(H,20,22)/t11-,17-/m0/s1. The molecule has 3 aliphatic heterocycles.